The van der Waals surface area contributed by atoms with E-state index in [2.05, 4.69) is 18.3 Å². The Bertz CT molecular complexity index is 542. The molecule has 0 unspecified atom stereocenters. The van der Waals surface area contributed by atoms with Gasteiger partial charge in [0.1, 0.15) is 11.1 Å². The molecular formula is C15H21N3OS. The fraction of sp³-hybridized carbons (Fsp3) is 0.600. The second kappa shape index (κ2) is 6.38. The van der Waals surface area contributed by atoms with Crippen molar-refractivity contribution in [3.8, 4) is 6.07 Å². The molecule has 1 atom stereocenters. The lowest BCUT2D eigenvalue weighted by Crippen LogP contribution is -2.27. The van der Waals surface area contributed by atoms with E-state index in [1.807, 2.05) is 19.0 Å². The van der Waals surface area contributed by atoms with Crippen LogP contribution < -0.4 is 5.32 Å². The summed E-state index contributed by atoms with van der Waals surface area (Å²) in [6.45, 7) is 2.55. The minimum atomic E-state index is -0.0582. The van der Waals surface area contributed by atoms with E-state index in [1.54, 1.807) is 11.3 Å². The van der Waals surface area contributed by atoms with Crippen LogP contribution in [0.25, 0.3) is 0 Å². The third-order valence-electron chi connectivity index (χ3n) is 3.77. The Morgan fingerprint density at radius 2 is 2.30 bits per heavy atom. The molecule has 0 spiro atoms. The SMILES string of the molecule is CC[C@@H]1CCc2c(sc(NC(=O)CN(C)C)c2C#N)C1. The van der Waals surface area contributed by atoms with Gasteiger partial charge in [-0.15, -0.1) is 11.3 Å². The Balaban J connectivity index is 2.21. The molecule has 5 heteroatoms. The highest BCUT2D eigenvalue weighted by atomic mass is 32.1. The van der Waals surface area contributed by atoms with Gasteiger partial charge in [0, 0.05) is 4.88 Å². The lowest BCUT2D eigenvalue weighted by atomic mass is 9.86. The van der Waals surface area contributed by atoms with Crippen LogP contribution >= 0.6 is 11.3 Å². The fourth-order valence-corrected chi connectivity index (χ4v) is 3.99. The van der Waals surface area contributed by atoms with Crippen molar-refractivity contribution in [1.29, 1.82) is 5.26 Å². The second-order valence-electron chi connectivity index (χ2n) is 5.62. The molecule has 0 saturated carbocycles. The summed E-state index contributed by atoms with van der Waals surface area (Å²) >= 11 is 1.59. The van der Waals surface area contributed by atoms with Gasteiger partial charge in [-0.25, -0.2) is 0 Å². The van der Waals surface area contributed by atoms with E-state index in [-0.39, 0.29) is 5.91 Å². The normalized spacial score (nSPS) is 17.6. The molecule has 0 aliphatic heterocycles. The number of rotatable bonds is 4. The summed E-state index contributed by atoms with van der Waals surface area (Å²) < 4.78 is 0. The molecule has 0 fully saturated rings. The number of nitrogens with zero attached hydrogens (tertiary/aromatic N) is 2. The van der Waals surface area contributed by atoms with Gasteiger partial charge in [0.15, 0.2) is 0 Å². The van der Waals surface area contributed by atoms with Crippen molar-refractivity contribution in [2.24, 2.45) is 5.92 Å². The van der Waals surface area contributed by atoms with Crippen molar-refractivity contribution in [3.05, 3.63) is 16.0 Å². The maximum absolute atomic E-state index is 11.9. The van der Waals surface area contributed by atoms with Crippen molar-refractivity contribution >= 4 is 22.2 Å². The number of carbonyl (C=O) groups is 1. The van der Waals surface area contributed by atoms with Crippen LogP contribution in [0.1, 0.15) is 35.8 Å². The summed E-state index contributed by atoms with van der Waals surface area (Å²) in [5.41, 5.74) is 1.86. The predicted molar refractivity (Wildman–Crippen MR) is 82.0 cm³/mol. The zero-order valence-corrected chi connectivity index (χ0v) is 13.1. The van der Waals surface area contributed by atoms with E-state index in [0.29, 0.717) is 12.1 Å². The van der Waals surface area contributed by atoms with Crippen molar-refractivity contribution in [2.75, 3.05) is 26.0 Å². The maximum Gasteiger partial charge on any atom is 0.239 e. The van der Waals surface area contributed by atoms with Crippen LogP contribution in [-0.4, -0.2) is 31.4 Å². The molecule has 2 rings (SSSR count). The van der Waals surface area contributed by atoms with Gasteiger partial charge >= 0.3 is 0 Å². The van der Waals surface area contributed by atoms with Crippen molar-refractivity contribution < 1.29 is 4.79 Å². The van der Waals surface area contributed by atoms with Crippen molar-refractivity contribution in [2.45, 2.75) is 32.6 Å². The first-order valence-corrected chi connectivity index (χ1v) is 7.86. The van der Waals surface area contributed by atoms with E-state index in [9.17, 15) is 10.1 Å². The number of anilines is 1. The Morgan fingerprint density at radius 3 is 2.90 bits per heavy atom. The number of hydrogen-bond acceptors (Lipinski definition) is 4. The smallest absolute Gasteiger partial charge is 0.239 e. The predicted octanol–water partition coefficient (Wildman–Crippen LogP) is 2.63. The summed E-state index contributed by atoms with van der Waals surface area (Å²) in [5, 5.41) is 13.0. The van der Waals surface area contributed by atoms with E-state index in [1.165, 1.54) is 16.9 Å². The first-order chi connectivity index (χ1) is 9.55. The zero-order valence-electron chi connectivity index (χ0n) is 12.3. The molecular weight excluding hydrogens is 270 g/mol. The van der Waals surface area contributed by atoms with Crippen LogP contribution in [0.3, 0.4) is 0 Å². The highest BCUT2D eigenvalue weighted by molar-refractivity contribution is 7.16. The van der Waals surface area contributed by atoms with Gasteiger partial charge in [-0.1, -0.05) is 13.3 Å². The maximum atomic E-state index is 11.9. The summed E-state index contributed by atoms with van der Waals surface area (Å²) in [4.78, 5) is 15.0. The molecule has 1 N–H and O–H groups in total. The van der Waals surface area contributed by atoms with Gasteiger partial charge in [-0.05, 0) is 44.8 Å². The van der Waals surface area contributed by atoms with Crippen LogP contribution in [0.4, 0.5) is 5.00 Å². The highest BCUT2D eigenvalue weighted by Gasteiger charge is 2.25. The molecule has 1 aliphatic carbocycles. The first kappa shape index (κ1) is 15.0. The van der Waals surface area contributed by atoms with E-state index >= 15 is 0 Å². The van der Waals surface area contributed by atoms with E-state index in [4.69, 9.17) is 0 Å². The summed E-state index contributed by atoms with van der Waals surface area (Å²) in [7, 11) is 3.71. The number of hydrogen-bond donors (Lipinski definition) is 1. The minimum absolute atomic E-state index is 0.0582. The van der Waals surface area contributed by atoms with Crippen LogP contribution in [0.2, 0.25) is 0 Å². The molecule has 1 aromatic rings. The molecule has 0 saturated heterocycles. The number of nitrogens with one attached hydrogen (secondary N) is 1. The number of carbonyl (C=O) groups excluding carboxylic acids is 1. The molecule has 1 amide bonds. The molecule has 0 radical (unpaired) electrons. The third kappa shape index (κ3) is 3.20. The van der Waals surface area contributed by atoms with Crippen LogP contribution in [0.5, 0.6) is 0 Å². The van der Waals surface area contributed by atoms with Gasteiger partial charge in [-0.3, -0.25) is 4.79 Å². The third-order valence-corrected chi connectivity index (χ3v) is 4.94. The number of likely N-dealkylation sites (N-methyl/N-ethyl adjacent to an activating group) is 1. The summed E-state index contributed by atoms with van der Waals surface area (Å²) in [6, 6.07) is 2.28. The Hall–Kier alpha value is -1.38. The fourth-order valence-electron chi connectivity index (χ4n) is 2.66. The van der Waals surface area contributed by atoms with Crippen molar-refractivity contribution in [1.82, 2.24) is 4.90 Å². The highest BCUT2D eigenvalue weighted by Crippen LogP contribution is 2.39. The lowest BCUT2D eigenvalue weighted by Gasteiger charge is -2.20. The number of fused-ring (bicyclic) bond motifs is 1. The summed E-state index contributed by atoms with van der Waals surface area (Å²) in [6.07, 6.45) is 4.35. The molecule has 4 nitrogen and oxygen atoms in total. The molecule has 1 heterocycles. The van der Waals surface area contributed by atoms with Crippen LogP contribution in [0, 0.1) is 17.2 Å². The average molecular weight is 291 g/mol. The molecule has 108 valence electrons. The van der Waals surface area contributed by atoms with Gasteiger partial charge in [-0.2, -0.15) is 5.26 Å². The van der Waals surface area contributed by atoms with Crippen molar-refractivity contribution in [3.63, 3.8) is 0 Å². The number of thiophene rings is 1. The standard InChI is InChI=1S/C15H21N3OS/c1-4-10-5-6-11-12(8-16)15(20-13(11)7-10)17-14(19)9-18(2)3/h10H,4-7,9H2,1-3H3,(H,17,19)/t10-/m1/s1. The topological polar surface area (TPSA) is 56.1 Å². The second-order valence-corrected chi connectivity index (χ2v) is 6.73. The number of amides is 1. The van der Waals surface area contributed by atoms with Crippen LogP contribution in [0.15, 0.2) is 0 Å². The van der Waals surface area contributed by atoms with Gasteiger partial charge < -0.3 is 10.2 Å². The molecule has 20 heavy (non-hydrogen) atoms. The zero-order chi connectivity index (χ0) is 14.7. The Labute approximate surface area is 124 Å². The molecule has 1 aromatic heterocycles. The van der Waals surface area contributed by atoms with Gasteiger partial charge in [0.2, 0.25) is 5.91 Å². The van der Waals surface area contributed by atoms with E-state index < -0.39 is 0 Å². The molecule has 0 bridgehead atoms. The largest absolute Gasteiger partial charge is 0.315 e. The van der Waals surface area contributed by atoms with E-state index in [0.717, 1.165) is 30.2 Å². The minimum Gasteiger partial charge on any atom is -0.315 e. The molecule has 1 aliphatic rings. The average Bonchev–Trinajstić information content (AvgIpc) is 2.73. The molecule has 0 aromatic carbocycles. The Kier molecular flexibility index (Phi) is 4.79. The Morgan fingerprint density at radius 1 is 1.55 bits per heavy atom. The van der Waals surface area contributed by atoms with Crippen LogP contribution in [-0.2, 0) is 17.6 Å². The number of nitriles is 1. The van der Waals surface area contributed by atoms with Gasteiger partial charge in [0.25, 0.3) is 0 Å². The first-order valence-electron chi connectivity index (χ1n) is 7.04. The summed E-state index contributed by atoms with van der Waals surface area (Å²) in [5.74, 6) is 0.662. The quantitative estimate of drug-likeness (QED) is 0.928. The lowest BCUT2D eigenvalue weighted by molar-refractivity contribution is -0.116. The van der Waals surface area contributed by atoms with Gasteiger partial charge in [0.05, 0.1) is 12.1 Å². The monoisotopic (exact) mass is 291 g/mol.